The molecule has 0 spiro atoms. The number of likely N-dealkylation sites (N-methyl/N-ethyl adjacent to an activating group) is 1. The van der Waals surface area contributed by atoms with Gasteiger partial charge in [-0.3, -0.25) is 9.69 Å². The lowest BCUT2D eigenvalue weighted by Gasteiger charge is -2.40. The average molecular weight is 607 g/mol. The highest BCUT2D eigenvalue weighted by molar-refractivity contribution is 6.00. The molecule has 1 saturated heterocycles. The fraction of sp³-hybridized carbons (Fsp3) is 0.371. The van der Waals surface area contributed by atoms with Gasteiger partial charge in [0.2, 0.25) is 5.91 Å². The molecule has 234 valence electrons. The Bertz CT molecular complexity index is 1510. The van der Waals surface area contributed by atoms with Crippen LogP contribution in [-0.2, 0) is 11.3 Å². The number of benzene rings is 2. The Hall–Kier alpha value is -4.88. The SMILES string of the molecule is C=CC(=O)Nc1cc(N2CCN(C)[C@@H](C)C2)cc(N(C(=O)NCc2ccccc2)C2CCC(Nc3ccc(C#N)cn3)CC2)c1. The van der Waals surface area contributed by atoms with Gasteiger partial charge < -0.3 is 25.8 Å². The molecule has 0 radical (unpaired) electrons. The van der Waals surface area contributed by atoms with Crippen molar-refractivity contribution in [2.45, 2.75) is 57.3 Å². The number of anilines is 4. The summed E-state index contributed by atoms with van der Waals surface area (Å²) in [5.74, 6) is 0.444. The lowest BCUT2D eigenvalue weighted by atomic mass is 9.89. The fourth-order valence-electron chi connectivity index (χ4n) is 6.05. The topological polar surface area (TPSA) is 117 Å². The van der Waals surface area contributed by atoms with Gasteiger partial charge in [-0.05, 0) is 81.6 Å². The maximum atomic E-state index is 14.1. The molecule has 1 aliphatic carbocycles. The van der Waals surface area contributed by atoms with E-state index in [-0.39, 0.29) is 24.0 Å². The zero-order valence-corrected chi connectivity index (χ0v) is 26.1. The molecule has 5 rings (SSSR count). The highest BCUT2D eigenvalue weighted by Gasteiger charge is 2.31. The first-order chi connectivity index (χ1) is 21.8. The minimum atomic E-state index is -0.298. The third-order valence-corrected chi connectivity index (χ3v) is 8.77. The van der Waals surface area contributed by atoms with Gasteiger partial charge in [-0.15, -0.1) is 0 Å². The molecule has 0 unspecified atom stereocenters. The van der Waals surface area contributed by atoms with Gasteiger partial charge >= 0.3 is 6.03 Å². The predicted molar refractivity (Wildman–Crippen MR) is 179 cm³/mol. The van der Waals surface area contributed by atoms with Crippen LogP contribution in [-0.4, -0.2) is 66.6 Å². The third-order valence-electron chi connectivity index (χ3n) is 8.77. The summed E-state index contributed by atoms with van der Waals surface area (Å²) < 4.78 is 0. The van der Waals surface area contributed by atoms with Crippen LogP contribution in [0.25, 0.3) is 0 Å². The van der Waals surface area contributed by atoms with Crippen molar-refractivity contribution in [3.63, 3.8) is 0 Å². The molecule has 3 aromatic rings. The van der Waals surface area contributed by atoms with Gasteiger partial charge in [-0.25, -0.2) is 9.78 Å². The number of amides is 3. The van der Waals surface area contributed by atoms with Crippen LogP contribution < -0.4 is 25.8 Å². The third kappa shape index (κ3) is 8.19. The van der Waals surface area contributed by atoms with Crippen LogP contribution in [0, 0.1) is 11.3 Å². The van der Waals surface area contributed by atoms with E-state index in [1.165, 1.54) is 6.08 Å². The molecule has 0 bridgehead atoms. The van der Waals surface area contributed by atoms with Gasteiger partial charge in [0.1, 0.15) is 11.9 Å². The van der Waals surface area contributed by atoms with Crippen molar-refractivity contribution in [3.05, 3.63) is 90.6 Å². The minimum absolute atomic E-state index is 0.0441. The second-order valence-electron chi connectivity index (χ2n) is 11.9. The Kier molecular flexibility index (Phi) is 10.3. The van der Waals surface area contributed by atoms with E-state index in [2.05, 4.69) is 63.4 Å². The fourth-order valence-corrected chi connectivity index (χ4v) is 6.05. The molecule has 1 aromatic heterocycles. The largest absolute Gasteiger partial charge is 0.369 e. The average Bonchev–Trinajstić information content (AvgIpc) is 3.06. The molecule has 1 aliphatic heterocycles. The lowest BCUT2D eigenvalue weighted by molar-refractivity contribution is -0.111. The molecule has 45 heavy (non-hydrogen) atoms. The molecule has 3 N–H and O–H groups in total. The molecule has 2 heterocycles. The van der Waals surface area contributed by atoms with E-state index in [4.69, 9.17) is 5.26 Å². The molecule has 2 aromatic carbocycles. The highest BCUT2D eigenvalue weighted by atomic mass is 16.2. The molecule has 2 fully saturated rings. The van der Waals surface area contributed by atoms with Crippen molar-refractivity contribution >= 4 is 34.8 Å². The van der Waals surface area contributed by atoms with Gasteiger partial charge in [0.15, 0.2) is 0 Å². The summed E-state index contributed by atoms with van der Waals surface area (Å²) in [6.45, 7) is 8.85. The summed E-state index contributed by atoms with van der Waals surface area (Å²) in [6, 6.07) is 21.9. The number of carbonyl (C=O) groups excluding carboxylic acids is 2. The van der Waals surface area contributed by atoms with Crippen LogP contribution in [0.5, 0.6) is 0 Å². The number of rotatable bonds is 9. The Labute approximate surface area is 265 Å². The number of pyridine rings is 1. The molecular formula is C35H42N8O2. The van der Waals surface area contributed by atoms with Gasteiger partial charge in [-0.1, -0.05) is 36.9 Å². The van der Waals surface area contributed by atoms with E-state index in [9.17, 15) is 9.59 Å². The summed E-state index contributed by atoms with van der Waals surface area (Å²) in [4.78, 5) is 37.4. The number of nitrogens with one attached hydrogen (secondary N) is 3. The van der Waals surface area contributed by atoms with E-state index in [0.717, 1.165) is 68.1 Å². The maximum Gasteiger partial charge on any atom is 0.322 e. The van der Waals surface area contributed by atoms with Gasteiger partial charge in [0, 0.05) is 67.6 Å². The molecule has 1 saturated carbocycles. The number of hydrogen-bond acceptors (Lipinski definition) is 7. The van der Waals surface area contributed by atoms with Crippen molar-refractivity contribution in [1.82, 2.24) is 15.2 Å². The Morgan fingerprint density at radius 2 is 1.87 bits per heavy atom. The van der Waals surface area contributed by atoms with Gasteiger partial charge in [-0.2, -0.15) is 5.26 Å². The van der Waals surface area contributed by atoms with Gasteiger partial charge in [0.05, 0.1) is 5.56 Å². The maximum absolute atomic E-state index is 14.1. The minimum Gasteiger partial charge on any atom is -0.369 e. The number of nitriles is 1. The first-order valence-corrected chi connectivity index (χ1v) is 15.6. The molecule has 2 aliphatic rings. The smallest absolute Gasteiger partial charge is 0.322 e. The second-order valence-corrected chi connectivity index (χ2v) is 11.9. The van der Waals surface area contributed by atoms with Crippen LogP contribution in [0.4, 0.5) is 27.7 Å². The van der Waals surface area contributed by atoms with E-state index in [0.29, 0.717) is 23.8 Å². The van der Waals surface area contributed by atoms with Crippen LogP contribution in [0.3, 0.4) is 0 Å². The van der Waals surface area contributed by atoms with Crippen LogP contribution >= 0.6 is 0 Å². The van der Waals surface area contributed by atoms with Crippen LogP contribution in [0.15, 0.2) is 79.5 Å². The van der Waals surface area contributed by atoms with Crippen molar-refractivity contribution in [3.8, 4) is 6.07 Å². The van der Waals surface area contributed by atoms with Crippen molar-refractivity contribution in [2.75, 3.05) is 47.1 Å². The monoisotopic (exact) mass is 606 g/mol. The molecular weight excluding hydrogens is 564 g/mol. The summed E-state index contributed by atoms with van der Waals surface area (Å²) in [7, 11) is 2.13. The van der Waals surface area contributed by atoms with E-state index < -0.39 is 0 Å². The molecule has 3 amide bonds. The molecule has 10 nitrogen and oxygen atoms in total. The van der Waals surface area contributed by atoms with E-state index >= 15 is 0 Å². The predicted octanol–water partition coefficient (Wildman–Crippen LogP) is 5.36. The first kappa shape index (κ1) is 31.5. The Morgan fingerprint density at radius 1 is 1.09 bits per heavy atom. The normalized spacial score (nSPS) is 20.0. The zero-order valence-electron chi connectivity index (χ0n) is 26.1. The summed E-state index contributed by atoms with van der Waals surface area (Å²) in [5.41, 5.74) is 3.89. The molecule has 1 atom stereocenters. The summed E-state index contributed by atoms with van der Waals surface area (Å²) >= 11 is 0. The van der Waals surface area contributed by atoms with Crippen molar-refractivity contribution in [2.24, 2.45) is 0 Å². The number of aromatic nitrogens is 1. The van der Waals surface area contributed by atoms with Crippen molar-refractivity contribution in [1.29, 1.82) is 5.26 Å². The summed E-state index contributed by atoms with van der Waals surface area (Å²) in [5, 5.41) is 18.7. The number of nitrogens with zero attached hydrogens (tertiary/aromatic N) is 5. The number of urea groups is 1. The quantitative estimate of drug-likeness (QED) is 0.281. The number of piperazine rings is 1. The van der Waals surface area contributed by atoms with Crippen molar-refractivity contribution < 1.29 is 9.59 Å². The van der Waals surface area contributed by atoms with Gasteiger partial charge in [0.25, 0.3) is 0 Å². The Morgan fingerprint density at radius 3 is 2.53 bits per heavy atom. The highest BCUT2D eigenvalue weighted by Crippen LogP contribution is 2.34. The Balaban J connectivity index is 1.41. The van der Waals surface area contributed by atoms with Crippen LogP contribution in [0.2, 0.25) is 0 Å². The molecule has 10 heteroatoms. The summed E-state index contributed by atoms with van der Waals surface area (Å²) in [6.07, 6.45) is 6.11. The van der Waals surface area contributed by atoms with E-state index in [1.807, 2.05) is 53.4 Å². The lowest BCUT2D eigenvalue weighted by Crippen LogP contribution is -2.50. The number of hydrogen-bond donors (Lipinski definition) is 3. The number of carbonyl (C=O) groups is 2. The first-order valence-electron chi connectivity index (χ1n) is 15.6. The second kappa shape index (κ2) is 14.7. The van der Waals surface area contributed by atoms with Crippen LogP contribution in [0.1, 0.15) is 43.7 Å². The van der Waals surface area contributed by atoms with E-state index in [1.54, 1.807) is 12.3 Å². The zero-order chi connectivity index (χ0) is 31.8. The standard InChI is InChI=1S/C35H42N8O2/c1-4-34(44)40-29-18-31(42-17-16-41(3)25(2)24-42)20-32(19-29)43(35(45)38-22-26-8-6-5-7-9-26)30-13-11-28(12-14-30)39-33-15-10-27(21-36)23-37-33/h4-10,15,18-20,23,25,28,30H,1,11-14,16-17,22,24H2,2-3H3,(H,37,39)(H,38,45)(H,40,44)/t25-,28?,30?/m0/s1.